The number of carbonyl (C=O) groups is 1. The molecule has 0 saturated carbocycles. The monoisotopic (exact) mass is 253 g/mol. The van der Waals surface area contributed by atoms with Crippen LogP contribution in [0.4, 0.5) is 0 Å². The summed E-state index contributed by atoms with van der Waals surface area (Å²) in [5.41, 5.74) is 0. The first-order valence-electron chi connectivity index (χ1n) is 7.03. The fourth-order valence-electron chi connectivity index (χ4n) is 2.29. The molecule has 1 aliphatic rings. The fraction of sp³-hybridized carbons (Fsp3) is 0.786. The van der Waals surface area contributed by atoms with Gasteiger partial charge in [0.15, 0.2) is 0 Å². The van der Waals surface area contributed by atoms with Gasteiger partial charge >= 0.3 is 0 Å². The lowest BCUT2D eigenvalue weighted by Gasteiger charge is -2.29. The maximum absolute atomic E-state index is 11.5. The highest BCUT2D eigenvalue weighted by Gasteiger charge is 2.13. The maximum atomic E-state index is 11.5. The molecule has 1 aliphatic heterocycles. The van der Waals surface area contributed by atoms with Crippen LogP contribution in [0, 0.1) is 5.92 Å². The second-order valence-electron chi connectivity index (χ2n) is 5.19. The molecule has 18 heavy (non-hydrogen) atoms. The van der Waals surface area contributed by atoms with E-state index in [0.29, 0.717) is 19.0 Å². The van der Waals surface area contributed by atoms with Gasteiger partial charge in [0.1, 0.15) is 0 Å². The van der Waals surface area contributed by atoms with Crippen molar-refractivity contribution in [1.82, 2.24) is 15.5 Å². The van der Waals surface area contributed by atoms with Gasteiger partial charge in [-0.3, -0.25) is 4.79 Å². The van der Waals surface area contributed by atoms with Crippen molar-refractivity contribution in [3.63, 3.8) is 0 Å². The van der Waals surface area contributed by atoms with Crippen molar-refractivity contribution in [3.8, 4) is 0 Å². The number of nitrogens with one attached hydrogen (secondary N) is 2. The van der Waals surface area contributed by atoms with E-state index in [-0.39, 0.29) is 5.91 Å². The van der Waals surface area contributed by atoms with Gasteiger partial charge in [-0.2, -0.15) is 0 Å². The average Bonchev–Trinajstić information content (AvgIpc) is 2.38. The molecule has 2 N–H and O–H groups in total. The molecule has 1 fully saturated rings. The Kier molecular flexibility index (Phi) is 7.69. The number of piperidine rings is 1. The van der Waals surface area contributed by atoms with E-state index in [9.17, 15) is 4.79 Å². The molecular weight excluding hydrogens is 226 g/mol. The van der Waals surface area contributed by atoms with Crippen LogP contribution in [-0.4, -0.2) is 50.1 Å². The predicted molar refractivity (Wildman–Crippen MR) is 75.5 cm³/mol. The Morgan fingerprint density at radius 3 is 2.78 bits per heavy atom. The zero-order valence-corrected chi connectivity index (χ0v) is 11.6. The first-order valence-corrected chi connectivity index (χ1v) is 7.03. The Morgan fingerprint density at radius 2 is 2.11 bits per heavy atom. The van der Waals surface area contributed by atoms with Crippen LogP contribution in [-0.2, 0) is 4.79 Å². The van der Waals surface area contributed by atoms with Gasteiger partial charge in [-0.1, -0.05) is 19.4 Å². The zero-order valence-electron chi connectivity index (χ0n) is 11.6. The Labute approximate surface area is 111 Å². The highest BCUT2D eigenvalue weighted by molar-refractivity contribution is 5.77. The van der Waals surface area contributed by atoms with E-state index in [1.165, 1.54) is 32.4 Å². The fourth-order valence-corrected chi connectivity index (χ4v) is 2.29. The second-order valence-corrected chi connectivity index (χ2v) is 5.19. The molecule has 104 valence electrons. The molecule has 1 atom stereocenters. The smallest absolute Gasteiger partial charge is 0.233 e. The molecule has 0 aromatic rings. The number of hydrogen-bond donors (Lipinski definition) is 2. The molecule has 1 unspecified atom stereocenters. The van der Waals surface area contributed by atoms with Gasteiger partial charge in [0.2, 0.25) is 5.91 Å². The van der Waals surface area contributed by atoms with Gasteiger partial charge in [-0.15, -0.1) is 6.58 Å². The highest BCUT2D eigenvalue weighted by Crippen LogP contribution is 2.10. The maximum Gasteiger partial charge on any atom is 0.233 e. The van der Waals surface area contributed by atoms with E-state index >= 15 is 0 Å². The van der Waals surface area contributed by atoms with E-state index in [1.54, 1.807) is 6.08 Å². The van der Waals surface area contributed by atoms with Gasteiger partial charge in [-0.25, -0.2) is 0 Å². The van der Waals surface area contributed by atoms with Crippen LogP contribution in [0.3, 0.4) is 0 Å². The molecule has 0 aromatic heterocycles. The Morgan fingerprint density at radius 1 is 1.39 bits per heavy atom. The summed E-state index contributed by atoms with van der Waals surface area (Å²) in [6, 6.07) is 0. The van der Waals surface area contributed by atoms with Gasteiger partial charge in [0.25, 0.3) is 0 Å². The molecule has 1 saturated heterocycles. The SMILES string of the molecule is C=CCNCC(=O)NCC(C)CN1CCCCC1. The van der Waals surface area contributed by atoms with E-state index in [4.69, 9.17) is 0 Å². The van der Waals surface area contributed by atoms with Crippen molar-refractivity contribution < 1.29 is 4.79 Å². The summed E-state index contributed by atoms with van der Waals surface area (Å²) in [6.07, 6.45) is 5.78. The van der Waals surface area contributed by atoms with Crippen LogP contribution in [0.1, 0.15) is 26.2 Å². The van der Waals surface area contributed by atoms with E-state index in [2.05, 4.69) is 29.0 Å². The average molecular weight is 253 g/mol. The molecular formula is C14H27N3O. The van der Waals surface area contributed by atoms with Crippen LogP contribution in [0.25, 0.3) is 0 Å². The van der Waals surface area contributed by atoms with Crippen LogP contribution in [0.5, 0.6) is 0 Å². The lowest BCUT2D eigenvalue weighted by Crippen LogP contribution is -2.40. The van der Waals surface area contributed by atoms with Gasteiger partial charge in [-0.05, 0) is 31.8 Å². The first-order chi connectivity index (χ1) is 8.72. The third kappa shape index (κ3) is 6.77. The quantitative estimate of drug-likeness (QED) is 0.501. The highest BCUT2D eigenvalue weighted by atomic mass is 16.1. The number of likely N-dealkylation sites (tertiary alicyclic amines) is 1. The summed E-state index contributed by atoms with van der Waals surface area (Å²) < 4.78 is 0. The molecule has 0 aromatic carbocycles. The molecule has 0 spiro atoms. The minimum absolute atomic E-state index is 0.0716. The Balaban J connectivity index is 2.06. The lowest BCUT2D eigenvalue weighted by atomic mass is 10.1. The third-order valence-electron chi connectivity index (χ3n) is 3.24. The third-order valence-corrected chi connectivity index (χ3v) is 3.24. The summed E-state index contributed by atoms with van der Waals surface area (Å²) in [6.45, 7) is 11.2. The summed E-state index contributed by atoms with van der Waals surface area (Å²) in [5.74, 6) is 0.591. The van der Waals surface area contributed by atoms with Gasteiger partial charge in [0, 0.05) is 19.6 Å². The topological polar surface area (TPSA) is 44.4 Å². The van der Waals surface area contributed by atoms with Crippen LogP contribution < -0.4 is 10.6 Å². The first kappa shape index (κ1) is 15.2. The van der Waals surface area contributed by atoms with Gasteiger partial charge in [0.05, 0.1) is 6.54 Å². The van der Waals surface area contributed by atoms with E-state index < -0.39 is 0 Å². The Bertz CT molecular complexity index is 249. The minimum atomic E-state index is 0.0716. The molecule has 0 aliphatic carbocycles. The van der Waals surface area contributed by atoms with Crippen molar-refractivity contribution in [2.75, 3.05) is 39.3 Å². The van der Waals surface area contributed by atoms with Crippen molar-refractivity contribution in [2.24, 2.45) is 5.92 Å². The lowest BCUT2D eigenvalue weighted by molar-refractivity contribution is -0.120. The van der Waals surface area contributed by atoms with Crippen molar-refractivity contribution in [3.05, 3.63) is 12.7 Å². The van der Waals surface area contributed by atoms with Crippen LogP contribution in [0.2, 0.25) is 0 Å². The molecule has 0 bridgehead atoms. The predicted octanol–water partition coefficient (Wildman–Crippen LogP) is 1.00. The molecule has 1 rings (SSSR count). The zero-order chi connectivity index (χ0) is 13.2. The number of amides is 1. The summed E-state index contributed by atoms with van der Waals surface area (Å²) in [7, 11) is 0. The van der Waals surface area contributed by atoms with Gasteiger partial charge < -0.3 is 15.5 Å². The summed E-state index contributed by atoms with van der Waals surface area (Å²) in [4.78, 5) is 14.0. The van der Waals surface area contributed by atoms with E-state index in [0.717, 1.165) is 13.1 Å². The van der Waals surface area contributed by atoms with Crippen LogP contribution in [0.15, 0.2) is 12.7 Å². The van der Waals surface area contributed by atoms with Crippen molar-refractivity contribution in [2.45, 2.75) is 26.2 Å². The number of nitrogens with zero attached hydrogens (tertiary/aromatic N) is 1. The standard InChI is InChI=1S/C14H27N3O/c1-3-7-15-11-14(18)16-10-13(2)12-17-8-5-4-6-9-17/h3,13,15H,1,4-12H2,2H3,(H,16,18). The number of carbonyl (C=O) groups excluding carboxylic acids is 1. The second kappa shape index (κ2) is 9.11. The van der Waals surface area contributed by atoms with Crippen molar-refractivity contribution >= 4 is 5.91 Å². The molecule has 1 heterocycles. The van der Waals surface area contributed by atoms with E-state index in [1.807, 2.05) is 0 Å². The summed E-state index contributed by atoms with van der Waals surface area (Å²) >= 11 is 0. The summed E-state index contributed by atoms with van der Waals surface area (Å²) in [5, 5.41) is 5.97. The molecule has 1 amide bonds. The van der Waals surface area contributed by atoms with Crippen molar-refractivity contribution in [1.29, 1.82) is 0 Å². The Hall–Kier alpha value is -0.870. The number of hydrogen-bond acceptors (Lipinski definition) is 3. The molecule has 0 radical (unpaired) electrons. The molecule has 4 nitrogen and oxygen atoms in total. The minimum Gasteiger partial charge on any atom is -0.355 e. The molecule has 4 heteroatoms. The number of rotatable bonds is 8. The van der Waals surface area contributed by atoms with Crippen LogP contribution >= 0.6 is 0 Å². The normalized spacial score (nSPS) is 18.3. The largest absolute Gasteiger partial charge is 0.355 e.